The highest BCUT2D eigenvalue weighted by Crippen LogP contribution is 2.40. The van der Waals surface area contributed by atoms with E-state index in [-0.39, 0.29) is 40.3 Å². The summed E-state index contributed by atoms with van der Waals surface area (Å²) in [5.41, 5.74) is 0.0964. The Bertz CT molecular complexity index is 1200. The van der Waals surface area contributed by atoms with Gasteiger partial charge >= 0.3 is 6.09 Å². The van der Waals surface area contributed by atoms with E-state index in [1.165, 1.54) is 27.9 Å². The molecule has 2 aromatic rings. The molecule has 0 saturated carbocycles. The summed E-state index contributed by atoms with van der Waals surface area (Å²) in [5.74, 6) is -1.68. The third-order valence-corrected chi connectivity index (χ3v) is 6.12. The van der Waals surface area contributed by atoms with E-state index in [1.54, 1.807) is 30.6 Å². The molecule has 0 radical (unpaired) electrons. The third kappa shape index (κ3) is 5.25. The number of amides is 3. The standard InChI is InChI=1S/C22H24Cl2N6O5/c1-22(2,3)35-21(34)28-8-6-27(7-9-28)16(31)12-29-10-13(25-26-29)11-30-18-15(24)5-4-14(23)17(18)19(32)20(30)33/h4-5,10H,6-9,11-12H2,1-3H3. The predicted octanol–water partition coefficient (Wildman–Crippen LogP) is 2.39. The van der Waals surface area contributed by atoms with Gasteiger partial charge in [0.15, 0.2) is 0 Å². The average Bonchev–Trinajstić information content (AvgIpc) is 3.33. The largest absolute Gasteiger partial charge is 0.444 e. The number of halogens is 2. The van der Waals surface area contributed by atoms with Crippen LogP contribution in [0.25, 0.3) is 0 Å². The lowest BCUT2D eigenvalue weighted by atomic mass is 10.1. The van der Waals surface area contributed by atoms with Crippen molar-refractivity contribution in [2.45, 2.75) is 39.5 Å². The van der Waals surface area contributed by atoms with E-state index in [2.05, 4.69) is 10.3 Å². The van der Waals surface area contributed by atoms with Gasteiger partial charge in [0.2, 0.25) is 5.91 Å². The summed E-state index contributed by atoms with van der Waals surface area (Å²) in [7, 11) is 0. The van der Waals surface area contributed by atoms with Crippen molar-refractivity contribution in [1.82, 2.24) is 24.8 Å². The Hall–Kier alpha value is -3.18. The van der Waals surface area contributed by atoms with Crippen LogP contribution in [0.15, 0.2) is 18.3 Å². The van der Waals surface area contributed by atoms with Crippen LogP contribution in [0.5, 0.6) is 0 Å². The van der Waals surface area contributed by atoms with Crippen LogP contribution < -0.4 is 4.90 Å². The van der Waals surface area contributed by atoms with Crippen molar-refractivity contribution in [2.75, 3.05) is 31.1 Å². The second-order valence-corrected chi connectivity index (χ2v) is 10.0. The summed E-state index contributed by atoms with van der Waals surface area (Å²) in [5, 5.41) is 8.36. The number of carbonyl (C=O) groups is 4. The number of carbonyl (C=O) groups excluding carboxylic acids is 4. The molecule has 0 aliphatic carbocycles. The first-order chi connectivity index (χ1) is 16.4. The minimum atomic E-state index is -0.761. The van der Waals surface area contributed by atoms with Gasteiger partial charge in [-0.15, -0.1) is 5.10 Å². The highest BCUT2D eigenvalue weighted by molar-refractivity contribution is 6.56. The van der Waals surface area contributed by atoms with Crippen molar-refractivity contribution in [3.8, 4) is 0 Å². The molecule has 1 saturated heterocycles. The maximum absolute atomic E-state index is 12.7. The number of anilines is 1. The van der Waals surface area contributed by atoms with Gasteiger partial charge in [0.25, 0.3) is 11.7 Å². The Balaban J connectivity index is 1.36. The van der Waals surface area contributed by atoms with Crippen LogP contribution in [0.4, 0.5) is 10.5 Å². The number of hydrogen-bond acceptors (Lipinski definition) is 7. The highest BCUT2D eigenvalue weighted by atomic mass is 35.5. The first-order valence-corrected chi connectivity index (χ1v) is 11.7. The number of hydrogen-bond donors (Lipinski definition) is 0. The zero-order chi connectivity index (χ0) is 25.5. The summed E-state index contributed by atoms with van der Waals surface area (Å²) < 4.78 is 6.73. The van der Waals surface area contributed by atoms with Gasteiger partial charge in [-0.05, 0) is 32.9 Å². The van der Waals surface area contributed by atoms with E-state index >= 15 is 0 Å². The highest BCUT2D eigenvalue weighted by Gasteiger charge is 2.39. The minimum absolute atomic E-state index is 0.0552. The molecular formula is C22H24Cl2N6O5. The van der Waals surface area contributed by atoms with Gasteiger partial charge in [-0.3, -0.25) is 19.3 Å². The van der Waals surface area contributed by atoms with Crippen molar-refractivity contribution in [2.24, 2.45) is 0 Å². The molecule has 0 bridgehead atoms. The topological polar surface area (TPSA) is 118 Å². The van der Waals surface area contributed by atoms with Gasteiger partial charge in [-0.1, -0.05) is 28.4 Å². The van der Waals surface area contributed by atoms with Crippen molar-refractivity contribution < 1.29 is 23.9 Å². The number of benzene rings is 1. The second kappa shape index (κ2) is 9.46. The number of ketones is 1. The molecule has 2 aliphatic rings. The van der Waals surface area contributed by atoms with E-state index in [9.17, 15) is 19.2 Å². The fraction of sp³-hybridized carbons (Fsp3) is 0.455. The number of fused-ring (bicyclic) bond motifs is 1. The van der Waals surface area contributed by atoms with Crippen LogP contribution in [0.1, 0.15) is 36.8 Å². The summed E-state index contributed by atoms with van der Waals surface area (Å²) in [6.07, 6.45) is 1.13. The summed E-state index contributed by atoms with van der Waals surface area (Å²) in [6.45, 7) is 6.79. The van der Waals surface area contributed by atoms with Crippen molar-refractivity contribution in [3.63, 3.8) is 0 Å². The number of Topliss-reactive ketones (excluding diaryl/α,β-unsaturated/α-hetero) is 1. The molecule has 35 heavy (non-hydrogen) atoms. The molecule has 13 heteroatoms. The van der Waals surface area contributed by atoms with Crippen molar-refractivity contribution in [1.29, 1.82) is 0 Å². The summed E-state index contributed by atoms with van der Waals surface area (Å²) in [4.78, 5) is 54.2. The van der Waals surface area contributed by atoms with E-state index in [4.69, 9.17) is 27.9 Å². The van der Waals surface area contributed by atoms with Crippen LogP contribution in [-0.2, 0) is 27.4 Å². The molecule has 3 amide bonds. The lowest BCUT2D eigenvalue weighted by molar-refractivity contribution is -0.133. The monoisotopic (exact) mass is 522 g/mol. The first-order valence-electron chi connectivity index (χ1n) is 10.9. The first kappa shape index (κ1) is 24.9. The van der Waals surface area contributed by atoms with Gasteiger partial charge in [-0.2, -0.15) is 0 Å². The van der Waals surface area contributed by atoms with E-state index in [1.807, 2.05) is 0 Å². The molecule has 4 rings (SSSR count). The fourth-order valence-corrected chi connectivity index (χ4v) is 4.35. The molecule has 0 N–H and O–H groups in total. The number of rotatable bonds is 4. The molecule has 0 unspecified atom stereocenters. The molecule has 2 aliphatic heterocycles. The number of ether oxygens (including phenoxy) is 1. The molecule has 1 fully saturated rings. The van der Waals surface area contributed by atoms with Gasteiger partial charge in [-0.25, -0.2) is 9.48 Å². The Labute approximate surface area is 211 Å². The third-order valence-electron chi connectivity index (χ3n) is 5.50. The Morgan fingerprint density at radius 1 is 1.03 bits per heavy atom. The van der Waals surface area contributed by atoms with Crippen LogP contribution in [-0.4, -0.2) is 80.3 Å². The maximum atomic E-state index is 12.7. The van der Waals surface area contributed by atoms with E-state index in [0.29, 0.717) is 31.9 Å². The Kier molecular flexibility index (Phi) is 6.74. The quantitative estimate of drug-likeness (QED) is 0.565. The fourth-order valence-electron chi connectivity index (χ4n) is 3.86. The Morgan fingerprint density at radius 3 is 2.31 bits per heavy atom. The van der Waals surface area contributed by atoms with Gasteiger partial charge in [0.1, 0.15) is 17.8 Å². The zero-order valence-electron chi connectivity index (χ0n) is 19.5. The SMILES string of the molecule is CC(C)(C)OC(=O)N1CCN(C(=O)Cn2cc(CN3C(=O)C(=O)c4c(Cl)ccc(Cl)c43)nn2)CC1. The lowest BCUT2D eigenvalue weighted by Gasteiger charge is -2.35. The van der Waals surface area contributed by atoms with Crippen molar-refractivity contribution >= 4 is 52.6 Å². The Morgan fingerprint density at radius 2 is 1.66 bits per heavy atom. The summed E-state index contributed by atoms with van der Waals surface area (Å²) in [6, 6.07) is 2.98. The van der Waals surface area contributed by atoms with Crippen LogP contribution in [0, 0.1) is 0 Å². The van der Waals surface area contributed by atoms with E-state index < -0.39 is 23.4 Å². The number of aromatic nitrogens is 3. The molecule has 3 heterocycles. The van der Waals surface area contributed by atoms with Gasteiger partial charge in [0.05, 0.1) is 34.0 Å². The van der Waals surface area contributed by atoms with Crippen LogP contribution in [0.2, 0.25) is 10.0 Å². The summed E-state index contributed by atoms with van der Waals surface area (Å²) >= 11 is 12.3. The lowest BCUT2D eigenvalue weighted by Crippen LogP contribution is -2.52. The molecule has 1 aromatic carbocycles. The van der Waals surface area contributed by atoms with Crippen LogP contribution >= 0.6 is 23.2 Å². The normalized spacial score (nSPS) is 16.1. The van der Waals surface area contributed by atoms with E-state index in [0.717, 1.165) is 0 Å². The molecule has 1 aromatic heterocycles. The molecule has 0 spiro atoms. The maximum Gasteiger partial charge on any atom is 0.410 e. The number of nitrogens with zero attached hydrogens (tertiary/aromatic N) is 6. The van der Waals surface area contributed by atoms with Gasteiger partial charge in [0, 0.05) is 26.2 Å². The average molecular weight is 523 g/mol. The minimum Gasteiger partial charge on any atom is -0.444 e. The molecular weight excluding hydrogens is 499 g/mol. The van der Waals surface area contributed by atoms with Crippen molar-refractivity contribution in [3.05, 3.63) is 39.6 Å². The van der Waals surface area contributed by atoms with Crippen LogP contribution in [0.3, 0.4) is 0 Å². The van der Waals surface area contributed by atoms with Gasteiger partial charge < -0.3 is 14.5 Å². The molecule has 0 atom stereocenters. The molecule has 186 valence electrons. The predicted molar refractivity (Wildman–Crippen MR) is 126 cm³/mol. The smallest absolute Gasteiger partial charge is 0.410 e. The number of piperazine rings is 1. The molecule has 11 nitrogen and oxygen atoms in total. The zero-order valence-corrected chi connectivity index (χ0v) is 21.0. The second-order valence-electron chi connectivity index (χ2n) is 9.23.